The Bertz CT molecular complexity index is 563. The van der Waals surface area contributed by atoms with Crippen LogP contribution in [0.1, 0.15) is 16.7 Å². The van der Waals surface area contributed by atoms with Gasteiger partial charge in [0.15, 0.2) is 0 Å². The molecule has 1 N–H and O–H groups in total. The second-order valence-electron chi connectivity index (χ2n) is 5.08. The first-order chi connectivity index (χ1) is 9.61. The maximum absolute atomic E-state index is 13.8. The molecule has 0 aliphatic rings. The van der Waals surface area contributed by atoms with Crippen LogP contribution in [0, 0.1) is 18.7 Å². The minimum Gasteiger partial charge on any atom is -0.396 e. The van der Waals surface area contributed by atoms with Crippen molar-refractivity contribution in [3.05, 3.63) is 70.0 Å². The van der Waals surface area contributed by atoms with E-state index in [1.807, 2.05) is 31.2 Å². The molecule has 2 rings (SSSR count). The molecule has 2 aromatic rings. The summed E-state index contributed by atoms with van der Waals surface area (Å²) in [5.41, 5.74) is 2.85. The predicted molar refractivity (Wildman–Crippen MR) is 80.6 cm³/mol. The van der Waals surface area contributed by atoms with E-state index in [1.54, 1.807) is 12.1 Å². The molecule has 3 heteroatoms. The molecule has 2 aromatic carbocycles. The number of benzene rings is 2. The number of hydrogen-bond donors (Lipinski definition) is 1. The normalized spacial score (nSPS) is 12.4. The zero-order valence-corrected chi connectivity index (χ0v) is 12.2. The molecular formula is C17H18ClFO. The van der Waals surface area contributed by atoms with Gasteiger partial charge in [-0.15, -0.1) is 0 Å². The second-order valence-corrected chi connectivity index (χ2v) is 5.49. The largest absolute Gasteiger partial charge is 0.396 e. The van der Waals surface area contributed by atoms with Crippen LogP contribution >= 0.6 is 11.6 Å². The Balaban J connectivity index is 2.16. The highest BCUT2D eigenvalue weighted by Gasteiger charge is 2.15. The number of aliphatic hydroxyl groups is 1. The molecule has 0 bridgehead atoms. The number of halogens is 2. The monoisotopic (exact) mass is 292 g/mol. The van der Waals surface area contributed by atoms with Crippen molar-refractivity contribution in [2.24, 2.45) is 5.92 Å². The first kappa shape index (κ1) is 15.0. The average molecular weight is 293 g/mol. The zero-order valence-electron chi connectivity index (χ0n) is 11.4. The van der Waals surface area contributed by atoms with Crippen molar-refractivity contribution in [1.29, 1.82) is 0 Å². The lowest BCUT2D eigenvalue weighted by atomic mass is 9.91. The van der Waals surface area contributed by atoms with Gasteiger partial charge in [-0.3, -0.25) is 0 Å². The second kappa shape index (κ2) is 6.87. The Kier molecular flexibility index (Phi) is 5.16. The summed E-state index contributed by atoms with van der Waals surface area (Å²) < 4.78 is 13.8. The number of hydrogen-bond acceptors (Lipinski definition) is 1. The summed E-state index contributed by atoms with van der Waals surface area (Å²) in [6.45, 7) is 2.05. The molecule has 20 heavy (non-hydrogen) atoms. The summed E-state index contributed by atoms with van der Waals surface area (Å²) in [4.78, 5) is 0. The van der Waals surface area contributed by atoms with Crippen molar-refractivity contribution in [1.82, 2.24) is 0 Å². The summed E-state index contributed by atoms with van der Waals surface area (Å²) in [5.74, 6) is -0.341. The van der Waals surface area contributed by atoms with Crippen LogP contribution in [0.4, 0.5) is 4.39 Å². The molecule has 1 nitrogen and oxygen atoms in total. The molecule has 0 radical (unpaired) electrons. The summed E-state index contributed by atoms with van der Waals surface area (Å²) in [7, 11) is 0. The Morgan fingerprint density at radius 2 is 1.85 bits per heavy atom. The Morgan fingerprint density at radius 3 is 2.50 bits per heavy atom. The van der Waals surface area contributed by atoms with E-state index in [-0.39, 0.29) is 18.3 Å². The fraction of sp³-hybridized carbons (Fsp3) is 0.294. The Labute approximate surface area is 124 Å². The van der Waals surface area contributed by atoms with Crippen molar-refractivity contribution in [2.45, 2.75) is 19.8 Å². The van der Waals surface area contributed by atoms with Crippen molar-refractivity contribution in [3.8, 4) is 0 Å². The van der Waals surface area contributed by atoms with Crippen molar-refractivity contribution in [2.75, 3.05) is 6.61 Å². The molecule has 0 aliphatic carbocycles. The Hall–Kier alpha value is -1.38. The maximum Gasteiger partial charge on any atom is 0.127 e. The SMILES string of the molecule is Cc1ccccc1CC(CO)Cc1c(F)cccc1Cl. The van der Waals surface area contributed by atoms with Crippen LogP contribution in [-0.2, 0) is 12.8 Å². The van der Waals surface area contributed by atoms with E-state index >= 15 is 0 Å². The van der Waals surface area contributed by atoms with E-state index in [0.717, 1.165) is 0 Å². The fourth-order valence-corrected chi connectivity index (χ4v) is 2.61. The van der Waals surface area contributed by atoms with Gasteiger partial charge in [-0.25, -0.2) is 4.39 Å². The van der Waals surface area contributed by atoms with Gasteiger partial charge < -0.3 is 5.11 Å². The van der Waals surface area contributed by atoms with Crippen molar-refractivity contribution in [3.63, 3.8) is 0 Å². The molecule has 0 fully saturated rings. The zero-order chi connectivity index (χ0) is 14.5. The highest BCUT2D eigenvalue weighted by atomic mass is 35.5. The first-order valence-electron chi connectivity index (χ1n) is 6.70. The van der Waals surface area contributed by atoms with E-state index in [9.17, 15) is 9.50 Å². The lowest BCUT2D eigenvalue weighted by molar-refractivity contribution is 0.224. The predicted octanol–water partition coefficient (Wildman–Crippen LogP) is 4.18. The molecule has 0 heterocycles. The lowest BCUT2D eigenvalue weighted by Crippen LogP contribution is -2.14. The minimum atomic E-state index is -0.305. The highest BCUT2D eigenvalue weighted by Crippen LogP contribution is 2.24. The van der Waals surface area contributed by atoms with Gasteiger partial charge in [-0.05, 0) is 48.9 Å². The van der Waals surface area contributed by atoms with Gasteiger partial charge in [-0.2, -0.15) is 0 Å². The van der Waals surface area contributed by atoms with Crippen molar-refractivity contribution >= 4 is 11.6 Å². The molecule has 0 aliphatic heterocycles. The third kappa shape index (κ3) is 3.59. The molecule has 1 unspecified atom stereocenters. The molecule has 106 valence electrons. The summed E-state index contributed by atoms with van der Waals surface area (Å²) in [6, 6.07) is 12.7. The van der Waals surface area contributed by atoms with E-state index < -0.39 is 0 Å². The molecule has 0 saturated carbocycles. The summed E-state index contributed by atoms with van der Waals surface area (Å²) in [6.07, 6.45) is 1.16. The third-order valence-electron chi connectivity index (χ3n) is 3.58. The van der Waals surface area contributed by atoms with Crippen LogP contribution in [-0.4, -0.2) is 11.7 Å². The topological polar surface area (TPSA) is 20.2 Å². The molecule has 0 spiro atoms. The first-order valence-corrected chi connectivity index (χ1v) is 7.08. The van der Waals surface area contributed by atoms with Gasteiger partial charge in [0.2, 0.25) is 0 Å². The lowest BCUT2D eigenvalue weighted by Gasteiger charge is -2.17. The maximum atomic E-state index is 13.8. The van der Waals surface area contributed by atoms with Gasteiger partial charge >= 0.3 is 0 Å². The van der Waals surface area contributed by atoms with Crippen LogP contribution in [0.25, 0.3) is 0 Å². The fourth-order valence-electron chi connectivity index (χ4n) is 2.37. The van der Waals surface area contributed by atoms with E-state index in [2.05, 4.69) is 0 Å². The number of rotatable bonds is 5. The summed E-state index contributed by atoms with van der Waals surface area (Å²) >= 11 is 6.04. The number of aliphatic hydroxyl groups excluding tert-OH is 1. The molecule has 0 aromatic heterocycles. The van der Waals surface area contributed by atoms with Gasteiger partial charge in [0.05, 0.1) is 0 Å². The van der Waals surface area contributed by atoms with Gasteiger partial charge in [0, 0.05) is 17.2 Å². The van der Waals surface area contributed by atoms with E-state index in [0.29, 0.717) is 23.4 Å². The quantitative estimate of drug-likeness (QED) is 0.876. The van der Waals surface area contributed by atoms with Crippen LogP contribution in [0.5, 0.6) is 0 Å². The van der Waals surface area contributed by atoms with Gasteiger partial charge in [0.1, 0.15) is 5.82 Å². The van der Waals surface area contributed by atoms with Crippen LogP contribution < -0.4 is 0 Å². The van der Waals surface area contributed by atoms with Gasteiger partial charge in [0.25, 0.3) is 0 Å². The minimum absolute atomic E-state index is 0.0129. The smallest absolute Gasteiger partial charge is 0.127 e. The molecule has 0 amide bonds. The highest BCUT2D eigenvalue weighted by molar-refractivity contribution is 6.31. The number of aryl methyl sites for hydroxylation is 1. The molecule has 1 atom stereocenters. The van der Waals surface area contributed by atoms with Crippen LogP contribution in [0.15, 0.2) is 42.5 Å². The standard InChI is InChI=1S/C17H18ClFO/c1-12-5-2-3-6-14(12)9-13(11-20)10-15-16(18)7-4-8-17(15)19/h2-8,13,20H,9-11H2,1H3. The third-order valence-corrected chi connectivity index (χ3v) is 3.94. The molecular weight excluding hydrogens is 275 g/mol. The average Bonchev–Trinajstić information content (AvgIpc) is 2.44. The van der Waals surface area contributed by atoms with E-state index in [1.165, 1.54) is 17.2 Å². The van der Waals surface area contributed by atoms with Crippen LogP contribution in [0.2, 0.25) is 5.02 Å². The van der Waals surface area contributed by atoms with Gasteiger partial charge in [-0.1, -0.05) is 41.9 Å². The van der Waals surface area contributed by atoms with Crippen LogP contribution in [0.3, 0.4) is 0 Å². The Morgan fingerprint density at radius 1 is 1.10 bits per heavy atom. The van der Waals surface area contributed by atoms with E-state index in [4.69, 9.17) is 11.6 Å². The molecule has 0 saturated heterocycles. The van der Waals surface area contributed by atoms with Crippen molar-refractivity contribution < 1.29 is 9.50 Å². The summed E-state index contributed by atoms with van der Waals surface area (Å²) in [5, 5.41) is 9.98.